The van der Waals surface area contributed by atoms with Crippen LogP contribution in [0, 0.1) is 0 Å². The van der Waals surface area contributed by atoms with Crippen LogP contribution in [0.4, 0.5) is 5.69 Å². The van der Waals surface area contributed by atoms with E-state index in [0.29, 0.717) is 27.2 Å². The zero-order valence-electron chi connectivity index (χ0n) is 14.6. The van der Waals surface area contributed by atoms with Crippen LogP contribution in [-0.2, 0) is 11.0 Å². The average Bonchev–Trinajstić information content (AvgIpc) is 2.66. The SMILES string of the molecule is CCc1ccccc1NP(=O)(Oc1ccc(Cl)cc1)Oc1ccc(Cl)cc1. The monoisotopic (exact) mass is 421 g/mol. The maximum atomic E-state index is 13.5. The summed E-state index contributed by atoms with van der Waals surface area (Å²) >= 11 is 11.8. The second-order valence-electron chi connectivity index (χ2n) is 5.71. The summed E-state index contributed by atoms with van der Waals surface area (Å²) in [4.78, 5) is 0. The molecule has 4 nitrogen and oxygen atoms in total. The molecule has 0 amide bonds. The Bertz CT molecular complexity index is 895. The fourth-order valence-electron chi connectivity index (χ4n) is 2.42. The van der Waals surface area contributed by atoms with Crippen LogP contribution in [-0.4, -0.2) is 0 Å². The molecule has 0 aliphatic heterocycles. The van der Waals surface area contributed by atoms with Crippen molar-refractivity contribution in [3.05, 3.63) is 88.4 Å². The van der Waals surface area contributed by atoms with Crippen molar-refractivity contribution in [2.24, 2.45) is 0 Å². The zero-order valence-corrected chi connectivity index (χ0v) is 17.0. The molecule has 140 valence electrons. The first kappa shape index (κ1) is 19.6. The average molecular weight is 422 g/mol. The largest absolute Gasteiger partial charge is 0.541 e. The Hall–Kier alpha value is -2.13. The lowest BCUT2D eigenvalue weighted by Gasteiger charge is -2.22. The van der Waals surface area contributed by atoms with Crippen molar-refractivity contribution >= 4 is 36.6 Å². The van der Waals surface area contributed by atoms with E-state index in [2.05, 4.69) is 5.09 Å². The standard InChI is InChI=1S/C20H18Cl2NO3P/c1-2-15-5-3-4-6-20(15)23-27(24,25-18-11-7-16(21)8-12-18)26-19-13-9-17(22)10-14-19/h3-14H,2H2,1H3,(H,23,24). The Morgan fingerprint density at radius 2 is 1.30 bits per heavy atom. The molecule has 0 aliphatic carbocycles. The molecule has 0 atom stereocenters. The number of aryl methyl sites for hydroxylation is 1. The van der Waals surface area contributed by atoms with Crippen molar-refractivity contribution in [3.8, 4) is 11.5 Å². The molecule has 0 radical (unpaired) electrons. The lowest BCUT2D eigenvalue weighted by Crippen LogP contribution is -2.11. The van der Waals surface area contributed by atoms with Crippen LogP contribution in [0.3, 0.4) is 0 Å². The van der Waals surface area contributed by atoms with Crippen molar-refractivity contribution in [2.75, 3.05) is 5.09 Å². The Balaban J connectivity index is 1.92. The van der Waals surface area contributed by atoms with E-state index in [0.717, 1.165) is 12.0 Å². The summed E-state index contributed by atoms with van der Waals surface area (Å²) in [6.07, 6.45) is 0.769. The maximum Gasteiger partial charge on any atom is 0.541 e. The van der Waals surface area contributed by atoms with E-state index in [1.54, 1.807) is 48.5 Å². The molecular formula is C20H18Cl2NO3P. The highest BCUT2D eigenvalue weighted by atomic mass is 35.5. The molecule has 0 unspecified atom stereocenters. The minimum absolute atomic E-state index is 0.373. The van der Waals surface area contributed by atoms with Crippen LogP contribution in [0.25, 0.3) is 0 Å². The normalized spacial score (nSPS) is 11.1. The van der Waals surface area contributed by atoms with Crippen LogP contribution in [0.1, 0.15) is 12.5 Å². The van der Waals surface area contributed by atoms with Crippen LogP contribution in [0.5, 0.6) is 11.5 Å². The van der Waals surface area contributed by atoms with Gasteiger partial charge in [0.15, 0.2) is 0 Å². The number of halogens is 2. The fourth-order valence-corrected chi connectivity index (χ4v) is 4.11. The van der Waals surface area contributed by atoms with E-state index < -0.39 is 7.75 Å². The molecule has 3 aromatic rings. The number of hydrogen-bond acceptors (Lipinski definition) is 3. The molecule has 0 saturated carbocycles. The van der Waals surface area contributed by atoms with Gasteiger partial charge in [-0.3, -0.25) is 5.09 Å². The smallest absolute Gasteiger partial charge is 0.400 e. The maximum absolute atomic E-state index is 13.5. The molecule has 0 heterocycles. The van der Waals surface area contributed by atoms with Gasteiger partial charge >= 0.3 is 7.75 Å². The van der Waals surface area contributed by atoms with Gasteiger partial charge in [0.2, 0.25) is 0 Å². The Labute approximate surface area is 168 Å². The molecule has 0 saturated heterocycles. The van der Waals surface area contributed by atoms with Crippen LogP contribution >= 0.6 is 30.9 Å². The first-order valence-electron chi connectivity index (χ1n) is 8.34. The van der Waals surface area contributed by atoms with E-state index >= 15 is 0 Å². The van der Waals surface area contributed by atoms with Gasteiger partial charge in [-0.25, -0.2) is 4.57 Å². The summed E-state index contributed by atoms with van der Waals surface area (Å²) in [5.41, 5.74) is 1.68. The third kappa shape index (κ3) is 5.43. The van der Waals surface area contributed by atoms with Gasteiger partial charge in [-0.05, 0) is 66.6 Å². The van der Waals surface area contributed by atoms with E-state index in [1.165, 1.54) is 0 Å². The molecular weight excluding hydrogens is 404 g/mol. The van der Waals surface area contributed by atoms with Gasteiger partial charge in [0.1, 0.15) is 11.5 Å². The molecule has 0 spiro atoms. The Morgan fingerprint density at radius 3 is 1.78 bits per heavy atom. The molecule has 1 N–H and O–H groups in total. The quantitative estimate of drug-likeness (QED) is 0.408. The highest BCUT2D eigenvalue weighted by molar-refractivity contribution is 7.56. The van der Waals surface area contributed by atoms with Crippen LogP contribution in [0.2, 0.25) is 10.0 Å². The minimum Gasteiger partial charge on any atom is -0.400 e. The van der Waals surface area contributed by atoms with Crippen molar-refractivity contribution < 1.29 is 13.6 Å². The molecule has 0 aliphatic rings. The molecule has 3 aromatic carbocycles. The number of nitrogens with one attached hydrogen (secondary N) is 1. The first-order chi connectivity index (χ1) is 13.0. The van der Waals surface area contributed by atoms with Crippen molar-refractivity contribution in [1.82, 2.24) is 0 Å². The van der Waals surface area contributed by atoms with Gasteiger partial charge in [-0.2, -0.15) is 0 Å². The zero-order chi connectivity index (χ0) is 19.3. The molecule has 7 heteroatoms. The molecule has 0 aromatic heterocycles. The van der Waals surface area contributed by atoms with Crippen LogP contribution < -0.4 is 14.1 Å². The Morgan fingerprint density at radius 1 is 0.815 bits per heavy atom. The third-order valence-corrected chi connectivity index (χ3v) is 5.66. The fraction of sp³-hybridized carbons (Fsp3) is 0.100. The second-order valence-corrected chi connectivity index (χ2v) is 8.17. The number of hydrogen-bond donors (Lipinski definition) is 1. The van der Waals surface area contributed by atoms with Crippen molar-refractivity contribution in [1.29, 1.82) is 0 Å². The van der Waals surface area contributed by atoms with E-state index in [9.17, 15) is 4.57 Å². The topological polar surface area (TPSA) is 47.6 Å². The molecule has 27 heavy (non-hydrogen) atoms. The van der Waals surface area contributed by atoms with Gasteiger partial charge in [-0.1, -0.05) is 48.3 Å². The highest BCUT2D eigenvalue weighted by Gasteiger charge is 2.30. The number of rotatable bonds is 7. The van der Waals surface area contributed by atoms with Crippen LogP contribution in [0.15, 0.2) is 72.8 Å². The third-order valence-electron chi connectivity index (χ3n) is 3.73. The number of para-hydroxylation sites is 1. The van der Waals surface area contributed by atoms with E-state index in [1.807, 2.05) is 31.2 Å². The van der Waals surface area contributed by atoms with Gasteiger partial charge < -0.3 is 9.05 Å². The first-order valence-corrected chi connectivity index (χ1v) is 10.6. The van der Waals surface area contributed by atoms with Crippen molar-refractivity contribution in [3.63, 3.8) is 0 Å². The second kappa shape index (κ2) is 8.71. The number of benzene rings is 3. The highest BCUT2D eigenvalue weighted by Crippen LogP contribution is 2.49. The summed E-state index contributed by atoms with van der Waals surface area (Å²) in [6, 6.07) is 20.7. The summed E-state index contributed by atoms with van der Waals surface area (Å²) < 4.78 is 25.0. The van der Waals surface area contributed by atoms with Gasteiger partial charge in [-0.15, -0.1) is 0 Å². The number of anilines is 1. The Kier molecular flexibility index (Phi) is 6.33. The van der Waals surface area contributed by atoms with E-state index in [4.69, 9.17) is 32.2 Å². The van der Waals surface area contributed by atoms with Gasteiger partial charge in [0.25, 0.3) is 0 Å². The summed E-state index contributed by atoms with van der Waals surface area (Å²) in [7, 11) is -3.79. The molecule has 0 fully saturated rings. The minimum atomic E-state index is -3.79. The van der Waals surface area contributed by atoms with E-state index in [-0.39, 0.29) is 0 Å². The predicted octanol–water partition coefficient (Wildman–Crippen LogP) is 7.23. The van der Waals surface area contributed by atoms with Gasteiger partial charge in [0.05, 0.1) is 0 Å². The lowest BCUT2D eigenvalue weighted by atomic mass is 10.1. The summed E-state index contributed by atoms with van der Waals surface area (Å²) in [5.74, 6) is 0.747. The molecule has 0 bridgehead atoms. The predicted molar refractivity (Wildman–Crippen MR) is 111 cm³/mol. The summed E-state index contributed by atoms with van der Waals surface area (Å²) in [6.45, 7) is 2.02. The molecule has 3 rings (SSSR count). The lowest BCUT2D eigenvalue weighted by molar-refractivity contribution is 0.393. The van der Waals surface area contributed by atoms with Crippen molar-refractivity contribution in [2.45, 2.75) is 13.3 Å². The van der Waals surface area contributed by atoms with Gasteiger partial charge in [0, 0.05) is 15.7 Å². The summed E-state index contributed by atoms with van der Waals surface area (Å²) in [5, 5.41) is 4.06.